The van der Waals surface area contributed by atoms with Crippen LogP contribution in [0.2, 0.25) is 0 Å². The molecule has 0 fully saturated rings. The number of hydrogen-bond acceptors (Lipinski definition) is 6. The van der Waals surface area contributed by atoms with E-state index in [-0.39, 0.29) is 0 Å². The van der Waals surface area contributed by atoms with Crippen molar-refractivity contribution in [3.63, 3.8) is 0 Å². The van der Waals surface area contributed by atoms with Crippen LogP contribution >= 0.6 is 11.3 Å². The molecule has 0 aliphatic heterocycles. The van der Waals surface area contributed by atoms with Gasteiger partial charge in [0.2, 0.25) is 5.13 Å². The molecule has 1 N–H and O–H groups in total. The fraction of sp³-hybridized carbons (Fsp3) is 0.455. The summed E-state index contributed by atoms with van der Waals surface area (Å²) in [7, 11) is 0. The second-order valence-electron chi connectivity index (χ2n) is 4.20. The third kappa shape index (κ3) is 3.74. The summed E-state index contributed by atoms with van der Waals surface area (Å²) in [6, 6.07) is 0. The fourth-order valence-electron chi connectivity index (χ4n) is 1.36. The molecule has 0 aliphatic carbocycles. The number of nitrogens with one attached hydrogen (secondary N) is 1. The Morgan fingerprint density at radius 1 is 1.24 bits per heavy atom. The van der Waals surface area contributed by atoms with Crippen LogP contribution in [-0.2, 0) is 13.0 Å². The monoisotopic (exact) mass is 249 g/mol. The van der Waals surface area contributed by atoms with Crippen molar-refractivity contribution in [3.05, 3.63) is 29.3 Å². The van der Waals surface area contributed by atoms with E-state index in [1.807, 2.05) is 0 Å². The first kappa shape index (κ1) is 11.9. The van der Waals surface area contributed by atoms with Crippen molar-refractivity contribution in [2.24, 2.45) is 5.92 Å². The van der Waals surface area contributed by atoms with E-state index in [9.17, 15) is 0 Å². The lowest BCUT2D eigenvalue weighted by Crippen LogP contribution is -1.99. The zero-order chi connectivity index (χ0) is 12.1. The van der Waals surface area contributed by atoms with E-state index in [0.717, 1.165) is 22.1 Å². The van der Waals surface area contributed by atoms with Crippen LogP contribution < -0.4 is 5.32 Å². The van der Waals surface area contributed by atoms with Crippen LogP contribution in [0.4, 0.5) is 5.13 Å². The Hall–Kier alpha value is -1.56. The first-order chi connectivity index (χ1) is 8.24. The molecule has 0 aromatic carbocycles. The Bertz CT molecular complexity index is 454. The second-order valence-corrected chi connectivity index (χ2v) is 5.26. The summed E-state index contributed by atoms with van der Waals surface area (Å²) in [5.41, 5.74) is 1.04. The molecular formula is C11H15N5S. The number of aromatic nitrogens is 4. The summed E-state index contributed by atoms with van der Waals surface area (Å²) < 4.78 is 0. The molecule has 0 aliphatic rings. The highest BCUT2D eigenvalue weighted by atomic mass is 32.1. The lowest BCUT2D eigenvalue weighted by atomic mass is 10.1. The molecule has 0 bridgehead atoms. The number of anilines is 1. The van der Waals surface area contributed by atoms with Gasteiger partial charge in [-0.25, -0.2) is 9.97 Å². The maximum Gasteiger partial charge on any atom is 0.205 e. The second kappa shape index (κ2) is 5.67. The summed E-state index contributed by atoms with van der Waals surface area (Å²) >= 11 is 1.61. The summed E-state index contributed by atoms with van der Waals surface area (Å²) in [5.74, 6) is 0.610. The molecule has 0 unspecified atom stereocenters. The molecule has 0 spiro atoms. The molecule has 17 heavy (non-hydrogen) atoms. The smallest absolute Gasteiger partial charge is 0.205 e. The van der Waals surface area contributed by atoms with Gasteiger partial charge >= 0.3 is 0 Å². The minimum atomic E-state index is 0.610. The molecule has 0 radical (unpaired) electrons. The van der Waals surface area contributed by atoms with Crippen LogP contribution in [0, 0.1) is 5.92 Å². The van der Waals surface area contributed by atoms with E-state index in [4.69, 9.17) is 0 Å². The average molecular weight is 249 g/mol. The van der Waals surface area contributed by atoms with Gasteiger partial charge in [-0.3, -0.25) is 0 Å². The predicted octanol–water partition coefficient (Wildman–Crippen LogP) is 2.14. The van der Waals surface area contributed by atoms with Crippen LogP contribution in [0.3, 0.4) is 0 Å². The van der Waals surface area contributed by atoms with E-state index < -0.39 is 0 Å². The molecule has 2 heterocycles. The van der Waals surface area contributed by atoms with Crippen molar-refractivity contribution < 1.29 is 0 Å². The number of hydrogen-bond donors (Lipinski definition) is 1. The van der Waals surface area contributed by atoms with Crippen LogP contribution in [0.15, 0.2) is 18.7 Å². The topological polar surface area (TPSA) is 63.6 Å². The molecule has 0 saturated carbocycles. The Labute approximate surface area is 104 Å². The third-order valence-corrected chi connectivity index (χ3v) is 3.01. The Balaban J connectivity index is 1.89. The minimum absolute atomic E-state index is 0.610. The van der Waals surface area contributed by atoms with Crippen molar-refractivity contribution in [3.8, 4) is 0 Å². The van der Waals surface area contributed by atoms with Crippen molar-refractivity contribution in [2.45, 2.75) is 26.8 Å². The normalized spacial score (nSPS) is 10.8. The van der Waals surface area contributed by atoms with E-state index in [0.29, 0.717) is 12.5 Å². The first-order valence-corrected chi connectivity index (χ1v) is 6.36. The van der Waals surface area contributed by atoms with Gasteiger partial charge in [0.25, 0.3) is 0 Å². The van der Waals surface area contributed by atoms with Crippen molar-refractivity contribution in [2.75, 3.05) is 5.32 Å². The zero-order valence-electron chi connectivity index (χ0n) is 9.92. The number of rotatable bonds is 5. The van der Waals surface area contributed by atoms with Crippen LogP contribution in [0.25, 0.3) is 0 Å². The molecule has 0 saturated heterocycles. The summed E-state index contributed by atoms with van der Waals surface area (Å²) in [6.07, 6.45) is 6.08. The SMILES string of the molecule is CC(C)Cc1nnc(NCc2cncnc2)s1. The lowest BCUT2D eigenvalue weighted by Gasteiger charge is -2.00. The van der Waals surface area contributed by atoms with Crippen molar-refractivity contribution >= 4 is 16.5 Å². The average Bonchev–Trinajstić information content (AvgIpc) is 2.75. The Morgan fingerprint density at radius 2 is 2.00 bits per heavy atom. The molecule has 0 atom stereocenters. The van der Waals surface area contributed by atoms with Gasteiger partial charge in [-0.15, -0.1) is 10.2 Å². The van der Waals surface area contributed by atoms with Crippen LogP contribution in [0.1, 0.15) is 24.4 Å². The van der Waals surface area contributed by atoms with Crippen LogP contribution in [0.5, 0.6) is 0 Å². The summed E-state index contributed by atoms with van der Waals surface area (Å²) in [4.78, 5) is 7.92. The first-order valence-electron chi connectivity index (χ1n) is 5.54. The van der Waals surface area contributed by atoms with E-state index in [1.54, 1.807) is 23.7 Å². The number of nitrogens with zero attached hydrogens (tertiary/aromatic N) is 4. The molecule has 5 nitrogen and oxygen atoms in total. The quantitative estimate of drug-likeness (QED) is 0.879. The molecule has 6 heteroatoms. The molecule has 0 amide bonds. The van der Waals surface area contributed by atoms with Gasteiger partial charge in [0.15, 0.2) is 0 Å². The largest absolute Gasteiger partial charge is 0.356 e. The van der Waals surface area contributed by atoms with Gasteiger partial charge in [-0.05, 0) is 5.92 Å². The van der Waals surface area contributed by atoms with Crippen molar-refractivity contribution in [1.82, 2.24) is 20.2 Å². The van der Waals surface area contributed by atoms with Gasteiger partial charge in [-0.1, -0.05) is 25.2 Å². The van der Waals surface area contributed by atoms with Gasteiger partial charge in [-0.2, -0.15) is 0 Å². The summed E-state index contributed by atoms with van der Waals surface area (Å²) in [5, 5.41) is 13.4. The standard InChI is InChI=1S/C11H15N5S/c1-8(2)3-10-15-16-11(17-10)14-6-9-4-12-7-13-5-9/h4-5,7-8H,3,6H2,1-2H3,(H,14,16). The Kier molecular flexibility index (Phi) is 3.98. The molecule has 2 rings (SSSR count). The molecule has 90 valence electrons. The molecular weight excluding hydrogens is 234 g/mol. The molecule has 2 aromatic heterocycles. The third-order valence-electron chi connectivity index (χ3n) is 2.11. The fourth-order valence-corrected chi connectivity index (χ4v) is 2.30. The van der Waals surface area contributed by atoms with Gasteiger partial charge in [0.05, 0.1) is 0 Å². The van der Waals surface area contributed by atoms with Gasteiger partial charge in [0.1, 0.15) is 11.3 Å². The Morgan fingerprint density at radius 3 is 2.71 bits per heavy atom. The van der Waals surface area contributed by atoms with Gasteiger partial charge < -0.3 is 5.32 Å². The lowest BCUT2D eigenvalue weighted by molar-refractivity contribution is 0.640. The van der Waals surface area contributed by atoms with E-state index >= 15 is 0 Å². The zero-order valence-corrected chi connectivity index (χ0v) is 10.7. The van der Waals surface area contributed by atoms with Crippen molar-refractivity contribution in [1.29, 1.82) is 0 Å². The highest BCUT2D eigenvalue weighted by Gasteiger charge is 2.05. The highest BCUT2D eigenvalue weighted by Crippen LogP contribution is 2.18. The maximum atomic E-state index is 4.14. The minimum Gasteiger partial charge on any atom is -0.356 e. The van der Waals surface area contributed by atoms with E-state index in [1.165, 1.54) is 6.33 Å². The van der Waals surface area contributed by atoms with Crippen LogP contribution in [-0.4, -0.2) is 20.2 Å². The van der Waals surface area contributed by atoms with E-state index in [2.05, 4.69) is 39.3 Å². The molecule has 2 aromatic rings. The summed E-state index contributed by atoms with van der Waals surface area (Å²) in [6.45, 7) is 5.03. The van der Waals surface area contributed by atoms with Gasteiger partial charge in [0, 0.05) is 30.9 Å². The predicted molar refractivity (Wildman–Crippen MR) is 67.8 cm³/mol. The highest BCUT2D eigenvalue weighted by molar-refractivity contribution is 7.15. The maximum absolute atomic E-state index is 4.14.